The lowest BCUT2D eigenvalue weighted by Crippen LogP contribution is -2.37. The highest BCUT2D eigenvalue weighted by Gasteiger charge is 2.35. The number of unbranched alkanes of at least 4 members (excludes halogenated alkanes) is 1. The number of imide groups is 1. The molecule has 5 nitrogen and oxygen atoms in total. The van der Waals surface area contributed by atoms with E-state index in [2.05, 4.69) is 13.8 Å². The second-order valence-electron chi connectivity index (χ2n) is 7.09. The molecule has 2 heterocycles. The number of fused-ring (bicyclic) bond motifs is 1. The number of amides is 3. The summed E-state index contributed by atoms with van der Waals surface area (Å²) >= 11 is 0. The third kappa shape index (κ3) is 3.32. The zero-order valence-electron chi connectivity index (χ0n) is 15.0. The van der Waals surface area contributed by atoms with Gasteiger partial charge in [-0.2, -0.15) is 0 Å². The molecule has 0 unspecified atom stereocenters. The molecule has 3 amide bonds. The minimum absolute atomic E-state index is 0.207. The molecule has 0 radical (unpaired) electrons. The van der Waals surface area contributed by atoms with Crippen molar-refractivity contribution in [2.45, 2.75) is 52.0 Å². The molecule has 1 aromatic carbocycles. The van der Waals surface area contributed by atoms with Gasteiger partial charge in [0.1, 0.15) is 0 Å². The summed E-state index contributed by atoms with van der Waals surface area (Å²) in [5, 5.41) is 0. The number of hydrogen-bond acceptors (Lipinski definition) is 3. The maximum absolute atomic E-state index is 12.4. The van der Waals surface area contributed by atoms with Crippen LogP contribution in [-0.4, -0.2) is 46.7 Å². The van der Waals surface area contributed by atoms with Gasteiger partial charge in [0.15, 0.2) is 0 Å². The van der Waals surface area contributed by atoms with Crippen LogP contribution in [0.4, 0.5) is 0 Å². The fourth-order valence-electron chi connectivity index (χ4n) is 4.07. The highest BCUT2D eigenvalue weighted by atomic mass is 16.2. The van der Waals surface area contributed by atoms with Crippen molar-refractivity contribution in [1.29, 1.82) is 0 Å². The molecule has 0 aliphatic carbocycles. The van der Waals surface area contributed by atoms with Crippen molar-refractivity contribution in [3.05, 3.63) is 35.4 Å². The quantitative estimate of drug-likeness (QED) is 0.590. The minimum atomic E-state index is -0.216. The van der Waals surface area contributed by atoms with E-state index in [1.54, 1.807) is 24.3 Å². The van der Waals surface area contributed by atoms with Crippen molar-refractivity contribution in [3.63, 3.8) is 0 Å². The predicted molar refractivity (Wildman–Crippen MR) is 95.2 cm³/mol. The van der Waals surface area contributed by atoms with Crippen LogP contribution in [0.3, 0.4) is 0 Å². The van der Waals surface area contributed by atoms with E-state index in [4.69, 9.17) is 0 Å². The molecule has 2 atom stereocenters. The molecule has 25 heavy (non-hydrogen) atoms. The Bertz CT molecular complexity index is 650. The number of nitrogens with zero attached hydrogens (tertiary/aromatic N) is 2. The Hall–Kier alpha value is -2.17. The molecule has 2 aliphatic rings. The molecule has 1 fully saturated rings. The average molecular weight is 342 g/mol. The van der Waals surface area contributed by atoms with Gasteiger partial charge in [0.05, 0.1) is 11.1 Å². The van der Waals surface area contributed by atoms with Crippen LogP contribution in [-0.2, 0) is 4.79 Å². The summed E-state index contributed by atoms with van der Waals surface area (Å²) in [5.41, 5.74) is 0.973. The molecule has 0 saturated carbocycles. The van der Waals surface area contributed by atoms with Crippen LogP contribution >= 0.6 is 0 Å². The summed E-state index contributed by atoms with van der Waals surface area (Å²) in [4.78, 5) is 40.4. The Morgan fingerprint density at radius 2 is 1.76 bits per heavy atom. The lowest BCUT2D eigenvalue weighted by atomic mass is 10.0. The SMILES string of the molecule is CC[C@H]1[C@@H](C)CCN1C(=O)CCCCN1C(=O)c2ccccc2C1=O. The van der Waals surface area contributed by atoms with Crippen molar-refractivity contribution < 1.29 is 14.4 Å². The molecule has 1 aromatic rings. The first-order chi connectivity index (χ1) is 12.0. The Kier molecular flexibility index (Phi) is 5.21. The summed E-state index contributed by atoms with van der Waals surface area (Å²) in [5.74, 6) is 0.351. The topological polar surface area (TPSA) is 57.7 Å². The summed E-state index contributed by atoms with van der Waals surface area (Å²) < 4.78 is 0. The normalized spacial score (nSPS) is 22.6. The fourth-order valence-corrected chi connectivity index (χ4v) is 4.07. The number of carbonyl (C=O) groups is 3. The first kappa shape index (κ1) is 17.6. The van der Waals surface area contributed by atoms with Crippen LogP contribution in [0.25, 0.3) is 0 Å². The fraction of sp³-hybridized carbons (Fsp3) is 0.550. The minimum Gasteiger partial charge on any atom is -0.339 e. The number of carbonyl (C=O) groups excluding carboxylic acids is 3. The standard InChI is InChI=1S/C20H26N2O3/c1-3-17-14(2)11-13-21(17)18(23)10-6-7-12-22-19(24)15-8-4-5-9-16(15)20(22)25/h4-5,8-9,14,17H,3,6-7,10-13H2,1-2H3/t14-,17-/m0/s1. The van der Waals surface area contributed by atoms with Gasteiger partial charge in [0.25, 0.3) is 11.8 Å². The molecule has 1 saturated heterocycles. The highest BCUT2D eigenvalue weighted by molar-refractivity contribution is 6.21. The Balaban J connectivity index is 1.47. The van der Waals surface area contributed by atoms with E-state index in [9.17, 15) is 14.4 Å². The van der Waals surface area contributed by atoms with Crippen LogP contribution in [0, 0.1) is 5.92 Å². The van der Waals surface area contributed by atoms with Crippen molar-refractivity contribution in [2.24, 2.45) is 5.92 Å². The van der Waals surface area contributed by atoms with Gasteiger partial charge in [-0.05, 0) is 43.7 Å². The van der Waals surface area contributed by atoms with Crippen LogP contribution < -0.4 is 0 Å². The second kappa shape index (κ2) is 7.38. The average Bonchev–Trinajstić information content (AvgIpc) is 3.11. The zero-order chi connectivity index (χ0) is 18.0. The lowest BCUT2D eigenvalue weighted by Gasteiger charge is -2.26. The summed E-state index contributed by atoms with van der Waals surface area (Å²) in [6.07, 6.45) is 3.94. The van der Waals surface area contributed by atoms with Gasteiger partial charge in [-0.15, -0.1) is 0 Å². The van der Waals surface area contributed by atoms with Crippen molar-refractivity contribution >= 4 is 17.7 Å². The molecule has 134 valence electrons. The van der Waals surface area contributed by atoms with E-state index in [0.29, 0.717) is 48.9 Å². The summed E-state index contributed by atoms with van der Waals surface area (Å²) in [6, 6.07) is 7.29. The first-order valence-electron chi connectivity index (χ1n) is 9.29. The largest absolute Gasteiger partial charge is 0.339 e. The van der Waals surface area contributed by atoms with Gasteiger partial charge < -0.3 is 4.90 Å². The Morgan fingerprint density at radius 1 is 1.12 bits per heavy atom. The Morgan fingerprint density at radius 3 is 2.36 bits per heavy atom. The van der Waals surface area contributed by atoms with Gasteiger partial charge in [-0.25, -0.2) is 0 Å². The van der Waals surface area contributed by atoms with E-state index in [1.807, 2.05) is 4.90 Å². The summed E-state index contributed by atoms with van der Waals surface area (Å²) in [7, 11) is 0. The summed E-state index contributed by atoms with van der Waals surface area (Å²) in [6.45, 7) is 5.59. The smallest absolute Gasteiger partial charge is 0.261 e. The number of hydrogen-bond donors (Lipinski definition) is 0. The molecule has 3 rings (SSSR count). The van der Waals surface area contributed by atoms with E-state index in [1.165, 1.54) is 4.90 Å². The predicted octanol–water partition coefficient (Wildman–Crippen LogP) is 3.10. The van der Waals surface area contributed by atoms with Gasteiger partial charge in [0, 0.05) is 25.6 Å². The maximum atomic E-state index is 12.4. The van der Waals surface area contributed by atoms with Gasteiger partial charge >= 0.3 is 0 Å². The monoisotopic (exact) mass is 342 g/mol. The lowest BCUT2D eigenvalue weighted by molar-refractivity contribution is -0.132. The molecular weight excluding hydrogens is 316 g/mol. The molecule has 0 aromatic heterocycles. The van der Waals surface area contributed by atoms with Gasteiger partial charge in [0.2, 0.25) is 5.91 Å². The van der Waals surface area contributed by atoms with Crippen molar-refractivity contribution in [2.75, 3.05) is 13.1 Å². The molecular formula is C20H26N2O3. The third-order valence-electron chi connectivity index (χ3n) is 5.52. The van der Waals surface area contributed by atoms with Crippen molar-refractivity contribution in [1.82, 2.24) is 9.80 Å². The number of rotatable bonds is 6. The molecule has 2 aliphatic heterocycles. The third-order valence-corrected chi connectivity index (χ3v) is 5.52. The van der Waals surface area contributed by atoms with Crippen molar-refractivity contribution in [3.8, 4) is 0 Å². The first-order valence-corrected chi connectivity index (χ1v) is 9.29. The van der Waals surface area contributed by atoms with E-state index >= 15 is 0 Å². The highest BCUT2D eigenvalue weighted by Crippen LogP contribution is 2.27. The van der Waals surface area contributed by atoms with Crippen LogP contribution in [0.15, 0.2) is 24.3 Å². The molecule has 0 spiro atoms. The number of benzene rings is 1. The second-order valence-corrected chi connectivity index (χ2v) is 7.09. The molecule has 5 heteroatoms. The van der Waals surface area contributed by atoms with Crippen LogP contribution in [0.1, 0.15) is 66.7 Å². The molecule has 0 N–H and O–H groups in total. The van der Waals surface area contributed by atoms with E-state index < -0.39 is 0 Å². The van der Waals surface area contributed by atoms with Gasteiger partial charge in [-0.1, -0.05) is 26.0 Å². The van der Waals surface area contributed by atoms with Crippen LogP contribution in [0.2, 0.25) is 0 Å². The van der Waals surface area contributed by atoms with Gasteiger partial charge in [-0.3, -0.25) is 19.3 Å². The van der Waals surface area contributed by atoms with E-state index in [0.717, 1.165) is 19.4 Å². The number of likely N-dealkylation sites (tertiary alicyclic amines) is 1. The van der Waals surface area contributed by atoms with E-state index in [-0.39, 0.29) is 17.7 Å². The Labute approximate surface area is 149 Å². The maximum Gasteiger partial charge on any atom is 0.261 e. The van der Waals surface area contributed by atoms with Crippen LogP contribution in [0.5, 0.6) is 0 Å². The molecule has 0 bridgehead atoms. The zero-order valence-corrected chi connectivity index (χ0v) is 15.0.